The summed E-state index contributed by atoms with van der Waals surface area (Å²) < 4.78 is 39.6. The first-order chi connectivity index (χ1) is 22.1. The molecule has 2 aliphatic carbocycles. The molecule has 2 N–H and O–H groups in total. The van der Waals surface area contributed by atoms with Crippen molar-refractivity contribution < 1.29 is 27.8 Å². The third-order valence-corrected chi connectivity index (χ3v) is 11.4. The number of aliphatic hydroxyl groups excluding tert-OH is 1. The molecule has 1 amide bonds. The number of rotatable bonds is 13. The number of fused-ring (bicyclic) bond motifs is 3. The Morgan fingerprint density at radius 3 is 2.83 bits per heavy atom. The van der Waals surface area contributed by atoms with Crippen LogP contribution in [0.5, 0.6) is 5.75 Å². The lowest BCUT2D eigenvalue weighted by molar-refractivity contribution is 0.0456. The molecular weight excluding hydrogens is 624 g/mol. The van der Waals surface area contributed by atoms with Crippen LogP contribution in [0.2, 0.25) is 5.02 Å². The molecular formula is C36H47ClN2O6S. The van der Waals surface area contributed by atoms with Crippen LogP contribution in [-0.4, -0.2) is 64.2 Å². The largest absolute Gasteiger partial charge is 0.490 e. The molecule has 5 atom stereocenters. The molecule has 0 aromatic heterocycles. The summed E-state index contributed by atoms with van der Waals surface area (Å²) in [6.07, 6.45) is 11.7. The van der Waals surface area contributed by atoms with E-state index in [1.807, 2.05) is 12.1 Å². The molecule has 0 radical (unpaired) electrons. The maximum Gasteiger partial charge on any atom is 0.264 e. The van der Waals surface area contributed by atoms with Gasteiger partial charge in [-0.2, -0.15) is 0 Å². The Hall–Kier alpha value is -2.85. The quantitative estimate of drug-likeness (QED) is 0.244. The second-order valence-electron chi connectivity index (χ2n) is 13.0. The van der Waals surface area contributed by atoms with Crippen LogP contribution in [0.3, 0.4) is 0 Å². The number of hydrogen-bond acceptors (Lipinski definition) is 7. The summed E-state index contributed by atoms with van der Waals surface area (Å²) in [4.78, 5) is 15.6. The van der Waals surface area contributed by atoms with E-state index < -0.39 is 28.1 Å². The number of amides is 1. The summed E-state index contributed by atoms with van der Waals surface area (Å²) in [5, 5.41) is 11.7. The van der Waals surface area contributed by atoms with E-state index in [9.17, 15) is 18.3 Å². The molecule has 46 heavy (non-hydrogen) atoms. The van der Waals surface area contributed by atoms with E-state index in [0.29, 0.717) is 25.4 Å². The fourth-order valence-electron chi connectivity index (χ4n) is 7.21. The Kier molecular flexibility index (Phi) is 11.2. The highest BCUT2D eigenvalue weighted by Crippen LogP contribution is 2.46. The second kappa shape index (κ2) is 14.9. The molecule has 3 aliphatic rings. The highest BCUT2D eigenvalue weighted by molar-refractivity contribution is 7.90. The molecule has 2 unspecified atom stereocenters. The molecule has 1 spiro atoms. The number of anilines is 1. The number of carbonyl (C=O) groups is 1. The standard InChI is InChI=1S/C36H47ClN2O6S/c1-4-6-7-10-33(40)30-14-11-27(30)22-39-23-36(18-8-9-25-20-28(37)13-15-31(25)36)24-45-34-16-12-26(21-32(34)39)35(41)38-46(42,43)19-17-29(5-2)44-3/h5,7,10,12-13,15-16,20-21,27,29-30,33,40H,2,4,6,8-9,11,14,17-19,22-24H2,1,3H3,(H,38,41)/b10-7+/t27-,29?,30+,33?,36-/m0/s1. The number of allylic oxidation sites excluding steroid dienone is 1. The summed E-state index contributed by atoms with van der Waals surface area (Å²) in [6.45, 7) is 7.62. The highest BCUT2D eigenvalue weighted by Gasteiger charge is 2.44. The normalized spacial score (nSPS) is 23.9. The van der Waals surface area contributed by atoms with Crippen LogP contribution in [0.4, 0.5) is 5.69 Å². The zero-order chi connectivity index (χ0) is 32.9. The van der Waals surface area contributed by atoms with Gasteiger partial charge in [0.1, 0.15) is 5.75 Å². The Morgan fingerprint density at radius 2 is 2.11 bits per heavy atom. The third-order valence-electron chi connectivity index (χ3n) is 9.94. The zero-order valence-electron chi connectivity index (χ0n) is 26.9. The van der Waals surface area contributed by atoms with E-state index in [-0.39, 0.29) is 35.0 Å². The van der Waals surface area contributed by atoms with E-state index in [4.69, 9.17) is 21.1 Å². The minimum atomic E-state index is -3.90. The number of sulfonamides is 1. The predicted octanol–water partition coefficient (Wildman–Crippen LogP) is 6.21. The van der Waals surface area contributed by atoms with Crippen molar-refractivity contribution in [3.8, 4) is 5.75 Å². The SMILES string of the molecule is C=CC(CCS(=O)(=O)NC(=O)c1ccc2c(c1)N(C[C@@H]1CC[C@H]1C(O)/C=C/CCC)C[C@@]1(CCCc3cc(Cl)ccc31)CO2)OC. The van der Waals surface area contributed by atoms with Crippen LogP contribution >= 0.6 is 11.6 Å². The number of nitrogens with zero attached hydrogens (tertiary/aromatic N) is 1. The molecule has 8 nitrogen and oxygen atoms in total. The highest BCUT2D eigenvalue weighted by atomic mass is 35.5. The fraction of sp³-hybridized carbons (Fsp3) is 0.528. The Labute approximate surface area is 278 Å². The van der Waals surface area contributed by atoms with Gasteiger partial charge in [-0.3, -0.25) is 4.79 Å². The lowest BCUT2D eigenvalue weighted by atomic mass is 9.68. The molecule has 1 aliphatic heterocycles. The van der Waals surface area contributed by atoms with Crippen molar-refractivity contribution in [1.82, 2.24) is 4.72 Å². The van der Waals surface area contributed by atoms with Crippen LogP contribution in [0.25, 0.3) is 0 Å². The smallest absolute Gasteiger partial charge is 0.264 e. The maximum absolute atomic E-state index is 13.3. The first-order valence-electron chi connectivity index (χ1n) is 16.4. The molecule has 1 heterocycles. The van der Waals surface area contributed by atoms with Gasteiger partial charge >= 0.3 is 0 Å². The average molecular weight is 671 g/mol. The van der Waals surface area contributed by atoms with Gasteiger partial charge in [0.25, 0.3) is 5.91 Å². The fourth-order valence-corrected chi connectivity index (χ4v) is 8.45. The van der Waals surface area contributed by atoms with Gasteiger partial charge < -0.3 is 19.5 Å². The third kappa shape index (κ3) is 7.81. The predicted molar refractivity (Wildman–Crippen MR) is 183 cm³/mol. The van der Waals surface area contributed by atoms with Crippen molar-refractivity contribution in [2.45, 2.75) is 75.9 Å². The summed E-state index contributed by atoms with van der Waals surface area (Å²) in [5.74, 6) is 0.106. The van der Waals surface area contributed by atoms with E-state index in [0.717, 1.165) is 55.7 Å². The summed E-state index contributed by atoms with van der Waals surface area (Å²) >= 11 is 6.40. The van der Waals surface area contributed by atoms with E-state index in [1.54, 1.807) is 18.2 Å². The van der Waals surface area contributed by atoms with Crippen molar-refractivity contribution in [3.05, 3.63) is 82.9 Å². The molecule has 0 bridgehead atoms. The van der Waals surface area contributed by atoms with Crippen LogP contribution < -0.4 is 14.4 Å². The monoisotopic (exact) mass is 670 g/mol. The van der Waals surface area contributed by atoms with Crippen LogP contribution in [-0.2, 0) is 26.6 Å². The van der Waals surface area contributed by atoms with Gasteiger partial charge in [-0.1, -0.05) is 49.2 Å². The van der Waals surface area contributed by atoms with Crippen molar-refractivity contribution in [2.24, 2.45) is 11.8 Å². The number of aliphatic hydroxyl groups is 1. The Morgan fingerprint density at radius 1 is 1.28 bits per heavy atom. The number of carbonyl (C=O) groups excluding carboxylic acids is 1. The van der Waals surface area contributed by atoms with Gasteiger partial charge in [0.05, 0.1) is 30.3 Å². The summed E-state index contributed by atoms with van der Waals surface area (Å²) in [5.41, 5.74) is 3.19. The van der Waals surface area contributed by atoms with Gasteiger partial charge in [0.2, 0.25) is 10.0 Å². The molecule has 250 valence electrons. The first kappa shape index (κ1) is 34.5. The van der Waals surface area contributed by atoms with E-state index in [2.05, 4.69) is 41.3 Å². The van der Waals surface area contributed by atoms with Gasteiger partial charge in [-0.15, -0.1) is 6.58 Å². The second-order valence-corrected chi connectivity index (χ2v) is 15.3. The van der Waals surface area contributed by atoms with Gasteiger partial charge in [-0.05, 0) is 98.2 Å². The Balaban J connectivity index is 1.44. The zero-order valence-corrected chi connectivity index (χ0v) is 28.5. The topological polar surface area (TPSA) is 105 Å². The number of methoxy groups -OCH3 is 1. The maximum atomic E-state index is 13.3. The van der Waals surface area contributed by atoms with Crippen LogP contribution in [0, 0.1) is 11.8 Å². The van der Waals surface area contributed by atoms with E-state index in [1.165, 1.54) is 24.3 Å². The number of unbranched alkanes of at least 4 members (excludes halogenated alkanes) is 1. The number of ether oxygens (including phenoxy) is 2. The lowest BCUT2D eigenvalue weighted by Gasteiger charge is -2.45. The summed E-state index contributed by atoms with van der Waals surface area (Å²) in [7, 11) is -2.42. The minimum absolute atomic E-state index is 0.150. The van der Waals surface area contributed by atoms with Crippen molar-refractivity contribution in [1.29, 1.82) is 0 Å². The summed E-state index contributed by atoms with van der Waals surface area (Å²) in [6, 6.07) is 11.3. The van der Waals surface area contributed by atoms with Gasteiger partial charge in [0.15, 0.2) is 0 Å². The Bertz CT molecular complexity index is 1540. The van der Waals surface area contributed by atoms with Crippen LogP contribution in [0.15, 0.2) is 61.2 Å². The molecule has 2 aromatic carbocycles. The molecule has 2 aromatic rings. The average Bonchev–Trinajstić information content (AvgIpc) is 3.16. The lowest BCUT2D eigenvalue weighted by Crippen LogP contribution is -2.49. The molecule has 0 saturated heterocycles. The molecule has 1 saturated carbocycles. The van der Waals surface area contributed by atoms with Crippen molar-refractivity contribution in [2.75, 3.05) is 37.5 Å². The molecule has 5 rings (SSSR count). The number of halogens is 1. The van der Waals surface area contributed by atoms with Gasteiger partial charge in [-0.25, -0.2) is 13.1 Å². The van der Waals surface area contributed by atoms with Crippen molar-refractivity contribution >= 4 is 33.2 Å². The number of aryl methyl sites for hydroxylation is 1. The number of nitrogens with one attached hydrogen (secondary N) is 1. The van der Waals surface area contributed by atoms with Crippen LogP contribution in [0.1, 0.15) is 73.4 Å². The number of hydrogen-bond donors (Lipinski definition) is 2. The van der Waals surface area contributed by atoms with Gasteiger partial charge in [0, 0.05) is 36.2 Å². The minimum Gasteiger partial charge on any atom is -0.490 e. The molecule has 1 fully saturated rings. The molecule has 10 heteroatoms. The van der Waals surface area contributed by atoms with Crippen molar-refractivity contribution in [3.63, 3.8) is 0 Å². The number of benzene rings is 2. The first-order valence-corrected chi connectivity index (χ1v) is 18.5. The van der Waals surface area contributed by atoms with E-state index >= 15 is 0 Å².